The Morgan fingerprint density at radius 2 is 2.13 bits per heavy atom. The van der Waals surface area contributed by atoms with Crippen molar-refractivity contribution in [3.8, 4) is 6.07 Å². The summed E-state index contributed by atoms with van der Waals surface area (Å²) in [4.78, 5) is 12.8. The first-order chi connectivity index (χ1) is 10.8. The van der Waals surface area contributed by atoms with Gasteiger partial charge in [-0.2, -0.15) is 5.26 Å². The van der Waals surface area contributed by atoms with Gasteiger partial charge in [-0.05, 0) is 26.0 Å². The van der Waals surface area contributed by atoms with E-state index in [0.717, 1.165) is 28.8 Å². The normalized spacial score (nSPS) is 22.7. The summed E-state index contributed by atoms with van der Waals surface area (Å²) in [5.74, 6) is -2.70. The molecule has 1 saturated heterocycles. The summed E-state index contributed by atoms with van der Waals surface area (Å²) in [6, 6.07) is 4.94. The molecule has 1 aliphatic heterocycles. The number of halogens is 2. The van der Waals surface area contributed by atoms with E-state index in [0.29, 0.717) is 0 Å². The second-order valence-corrected chi connectivity index (χ2v) is 5.89. The number of para-hydroxylation sites is 1. The predicted molar refractivity (Wildman–Crippen MR) is 81.2 cm³/mol. The van der Waals surface area contributed by atoms with Crippen molar-refractivity contribution in [2.45, 2.75) is 19.6 Å². The Balaban J connectivity index is 2.66. The van der Waals surface area contributed by atoms with E-state index in [-0.39, 0.29) is 17.4 Å². The van der Waals surface area contributed by atoms with Crippen LogP contribution < -0.4 is 4.90 Å². The highest BCUT2D eigenvalue weighted by atomic mass is 32.2. The third kappa shape index (κ3) is 3.16. The zero-order chi connectivity index (χ0) is 17.2. The third-order valence-corrected chi connectivity index (χ3v) is 4.48. The second kappa shape index (κ2) is 6.56. The number of hydrogen-bond donors (Lipinski definition) is 1. The molecule has 0 bridgehead atoms. The minimum atomic E-state index is -1.67. The van der Waals surface area contributed by atoms with Gasteiger partial charge in [0.2, 0.25) is 0 Å². The highest BCUT2D eigenvalue weighted by Gasteiger charge is 2.44. The largest absolute Gasteiger partial charge is 0.462 e. The Morgan fingerprint density at radius 3 is 2.65 bits per heavy atom. The highest BCUT2D eigenvalue weighted by Crippen LogP contribution is 2.45. The molecular formula is C15H14F2N2O3S. The molecule has 0 saturated carbocycles. The standard InChI is InChI=1S/C15H14F2N2O3S/c1-3-22-14(20)9(7-18)13-19(15(2,21)8-23-13)12-10(16)5-4-6-11(12)17/h4-6,21H,3,8H2,1-2H3/b13-9+/t15-/m0/s1. The van der Waals surface area contributed by atoms with Gasteiger partial charge >= 0.3 is 5.97 Å². The van der Waals surface area contributed by atoms with E-state index in [1.165, 1.54) is 13.0 Å². The van der Waals surface area contributed by atoms with E-state index in [1.807, 2.05) is 0 Å². The van der Waals surface area contributed by atoms with Crippen LogP contribution >= 0.6 is 11.8 Å². The van der Waals surface area contributed by atoms with Gasteiger partial charge in [0.15, 0.2) is 5.57 Å². The molecule has 8 heteroatoms. The van der Waals surface area contributed by atoms with Crippen LogP contribution in [0.15, 0.2) is 28.8 Å². The molecule has 5 nitrogen and oxygen atoms in total. The maximum atomic E-state index is 14.1. The fourth-order valence-corrected chi connectivity index (χ4v) is 3.40. The van der Waals surface area contributed by atoms with Crippen molar-refractivity contribution in [3.05, 3.63) is 40.4 Å². The van der Waals surface area contributed by atoms with Crippen molar-refractivity contribution in [1.82, 2.24) is 0 Å². The minimum absolute atomic E-state index is 0.0285. The molecular weight excluding hydrogens is 326 g/mol. The zero-order valence-corrected chi connectivity index (χ0v) is 13.3. The van der Waals surface area contributed by atoms with Gasteiger partial charge in [-0.1, -0.05) is 6.07 Å². The second-order valence-electron chi connectivity index (χ2n) is 4.92. The van der Waals surface area contributed by atoms with Crippen LogP contribution in [-0.4, -0.2) is 29.2 Å². The molecule has 122 valence electrons. The van der Waals surface area contributed by atoms with Crippen molar-refractivity contribution >= 4 is 23.4 Å². The summed E-state index contributed by atoms with van der Waals surface area (Å²) in [5.41, 5.74) is -2.59. The smallest absolute Gasteiger partial charge is 0.351 e. The van der Waals surface area contributed by atoms with Gasteiger partial charge < -0.3 is 9.84 Å². The lowest BCUT2D eigenvalue weighted by atomic mass is 10.1. The lowest BCUT2D eigenvalue weighted by Crippen LogP contribution is -2.43. The minimum Gasteiger partial charge on any atom is -0.462 e. The van der Waals surface area contributed by atoms with E-state index in [2.05, 4.69) is 0 Å². The number of rotatable bonds is 3. The number of carbonyl (C=O) groups is 1. The first-order valence-corrected chi connectivity index (χ1v) is 7.73. The first-order valence-electron chi connectivity index (χ1n) is 6.74. The number of nitrogens with zero attached hydrogens (tertiary/aromatic N) is 2. The fourth-order valence-electron chi connectivity index (χ4n) is 2.17. The molecule has 0 aliphatic carbocycles. The Kier molecular flexibility index (Phi) is 4.92. The van der Waals surface area contributed by atoms with E-state index in [1.54, 1.807) is 13.0 Å². The first kappa shape index (κ1) is 17.2. The number of esters is 1. The van der Waals surface area contributed by atoms with Crippen LogP contribution in [-0.2, 0) is 9.53 Å². The molecule has 23 heavy (non-hydrogen) atoms. The van der Waals surface area contributed by atoms with Crippen LogP contribution in [0.1, 0.15) is 13.8 Å². The van der Waals surface area contributed by atoms with Gasteiger partial charge in [-0.3, -0.25) is 4.90 Å². The zero-order valence-electron chi connectivity index (χ0n) is 12.5. The van der Waals surface area contributed by atoms with E-state index in [9.17, 15) is 23.9 Å². The number of carbonyl (C=O) groups excluding carboxylic acids is 1. The van der Waals surface area contributed by atoms with E-state index < -0.39 is 34.6 Å². The maximum absolute atomic E-state index is 14.1. The topological polar surface area (TPSA) is 73.6 Å². The molecule has 1 atom stereocenters. The van der Waals surface area contributed by atoms with Crippen LogP contribution in [0.2, 0.25) is 0 Å². The van der Waals surface area contributed by atoms with Crippen molar-refractivity contribution in [2.75, 3.05) is 17.3 Å². The number of anilines is 1. The van der Waals surface area contributed by atoms with Crippen molar-refractivity contribution in [3.63, 3.8) is 0 Å². The summed E-state index contributed by atoms with van der Waals surface area (Å²) in [6.07, 6.45) is 0. The van der Waals surface area contributed by atoms with Crippen molar-refractivity contribution in [1.29, 1.82) is 5.26 Å². The van der Waals surface area contributed by atoms with Crippen molar-refractivity contribution in [2.24, 2.45) is 0 Å². The molecule has 1 N–H and O–H groups in total. The average molecular weight is 340 g/mol. The fraction of sp³-hybridized carbons (Fsp3) is 0.333. The molecule has 0 unspecified atom stereocenters. The molecule has 2 rings (SSSR count). The van der Waals surface area contributed by atoms with Gasteiger partial charge in [-0.15, -0.1) is 11.8 Å². The number of benzene rings is 1. The molecule has 0 spiro atoms. The van der Waals surface area contributed by atoms with Crippen molar-refractivity contribution < 1.29 is 23.4 Å². The molecule has 0 radical (unpaired) electrons. The Morgan fingerprint density at radius 1 is 1.52 bits per heavy atom. The summed E-state index contributed by atoms with van der Waals surface area (Å²) in [6.45, 7) is 2.97. The molecule has 1 aromatic carbocycles. The predicted octanol–water partition coefficient (Wildman–Crippen LogP) is 2.52. The number of nitriles is 1. The lowest BCUT2D eigenvalue weighted by molar-refractivity contribution is -0.138. The number of ether oxygens (including phenoxy) is 1. The Bertz CT molecular complexity index is 693. The number of aliphatic hydroxyl groups is 1. The van der Waals surface area contributed by atoms with Crippen LogP contribution in [0, 0.1) is 23.0 Å². The Labute approximate surface area is 136 Å². The summed E-state index contributed by atoms with van der Waals surface area (Å²) in [7, 11) is 0. The van der Waals surface area contributed by atoms with Gasteiger partial charge in [0.1, 0.15) is 34.1 Å². The molecule has 1 aromatic rings. The summed E-state index contributed by atoms with van der Waals surface area (Å²) >= 11 is 0.955. The van der Waals surface area contributed by atoms with Crippen LogP contribution in [0.4, 0.5) is 14.5 Å². The quantitative estimate of drug-likeness (QED) is 0.518. The SMILES string of the molecule is CCOC(=O)/C(C#N)=C1/SC[C@](C)(O)N1c1c(F)cccc1F. The monoisotopic (exact) mass is 340 g/mol. The van der Waals surface area contributed by atoms with Crippen LogP contribution in [0.5, 0.6) is 0 Å². The Hall–Kier alpha value is -2.11. The summed E-state index contributed by atoms with van der Waals surface area (Å²) in [5, 5.41) is 19.7. The van der Waals surface area contributed by atoms with Gasteiger partial charge in [0.25, 0.3) is 0 Å². The lowest BCUT2D eigenvalue weighted by Gasteiger charge is -2.32. The van der Waals surface area contributed by atoms with E-state index in [4.69, 9.17) is 4.74 Å². The molecule has 1 fully saturated rings. The summed E-state index contributed by atoms with van der Waals surface area (Å²) < 4.78 is 33.0. The number of hydrogen-bond acceptors (Lipinski definition) is 6. The van der Waals surface area contributed by atoms with Gasteiger partial charge in [0, 0.05) is 5.75 Å². The number of thioether (sulfide) groups is 1. The van der Waals surface area contributed by atoms with Gasteiger partial charge in [-0.25, -0.2) is 13.6 Å². The van der Waals surface area contributed by atoms with E-state index >= 15 is 0 Å². The molecule has 1 aliphatic rings. The molecule has 0 aromatic heterocycles. The van der Waals surface area contributed by atoms with Crippen LogP contribution in [0.3, 0.4) is 0 Å². The maximum Gasteiger partial charge on any atom is 0.351 e. The third-order valence-electron chi connectivity index (χ3n) is 3.13. The highest BCUT2D eigenvalue weighted by molar-refractivity contribution is 8.03. The average Bonchev–Trinajstić information content (AvgIpc) is 2.77. The van der Waals surface area contributed by atoms with Gasteiger partial charge in [0.05, 0.1) is 6.61 Å². The van der Waals surface area contributed by atoms with Crippen LogP contribution in [0.25, 0.3) is 0 Å². The molecule has 1 heterocycles. The molecule has 0 amide bonds.